The van der Waals surface area contributed by atoms with E-state index in [-0.39, 0.29) is 10.5 Å². The van der Waals surface area contributed by atoms with Gasteiger partial charge in [-0.25, -0.2) is 0 Å². The third-order valence-electron chi connectivity index (χ3n) is 2.94. The Balaban J connectivity index is 2.96. The SMILES string of the molecule is CC1=C(/C=C/C(=O)S)C(C)(C)CCC1. The smallest absolute Gasteiger partial charge is 0.209 e. The molecule has 0 heterocycles. The molecule has 0 aromatic carbocycles. The summed E-state index contributed by atoms with van der Waals surface area (Å²) in [6.07, 6.45) is 7.10. The van der Waals surface area contributed by atoms with E-state index in [9.17, 15) is 4.79 Å². The molecule has 0 fully saturated rings. The van der Waals surface area contributed by atoms with Gasteiger partial charge in [-0.15, -0.1) is 12.6 Å². The lowest BCUT2D eigenvalue weighted by atomic mass is 9.73. The molecule has 0 saturated carbocycles. The first-order valence-corrected chi connectivity index (χ1v) is 5.49. The first-order valence-electron chi connectivity index (χ1n) is 5.05. The Morgan fingerprint density at radius 3 is 2.64 bits per heavy atom. The Morgan fingerprint density at radius 1 is 1.50 bits per heavy atom. The van der Waals surface area contributed by atoms with Crippen molar-refractivity contribution >= 4 is 17.7 Å². The van der Waals surface area contributed by atoms with Gasteiger partial charge in [-0.05, 0) is 43.3 Å². The van der Waals surface area contributed by atoms with Crippen LogP contribution in [0, 0.1) is 5.41 Å². The summed E-state index contributed by atoms with van der Waals surface area (Å²) in [4.78, 5) is 10.8. The van der Waals surface area contributed by atoms with E-state index in [4.69, 9.17) is 0 Å². The van der Waals surface area contributed by atoms with Crippen molar-refractivity contribution < 1.29 is 4.79 Å². The molecular weight excluding hydrogens is 192 g/mol. The van der Waals surface area contributed by atoms with Gasteiger partial charge in [0.25, 0.3) is 0 Å². The molecule has 0 N–H and O–H groups in total. The summed E-state index contributed by atoms with van der Waals surface area (Å²) in [6, 6.07) is 0. The largest absolute Gasteiger partial charge is 0.283 e. The number of rotatable bonds is 2. The maximum absolute atomic E-state index is 10.8. The van der Waals surface area contributed by atoms with Crippen molar-refractivity contribution in [2.75, 3.05) is 0 Å². The third-order valence-corrected chi connectivity index (χ3v) is 3.08. The predicted molar refractivity (Wildman–Crippen MR) is 63.5 cm³/mol. The van der Waals surface area contributed by atoms with E-state index in [0.29, 0.717) is 0 Å². The molecule has 0 saturated heterocycles. The zero-order chi connectivity index (χ0) is 10.8. The van der Waals surface area contributed by atoms with Crippen molar-refractivity contribution in [1.82, 2.24) is 0 Å². The molecule has 0 radical (unpaired) electrons. The van der Waals surface area contributed by atoms with Crippen LogP contribution in [0.15, 0.2) is 23.3 Å². The molecule has 0 unspecified atom stereocenters. The van der Waals surface area contributed by atoms with Crippen molar-refractivity contribution in [3.8, 4) is 0 Å². The minimum atomic E-state index is -0.174. The zero-order valence-corrected chi connectivity index (χ0v) is 10.0. The summed E-state index contributed by atoms with van der Waals surface area (Å²) in [5, 5.41) is -0.174. The lowest BCUT2D eigenvalue weighted by Gasteiger charge is -2.32. The number of hydrogen-bond acceptors (Lipinski definition) is 1. The van der Waals surface area contributed by atoms with Crippen LogP contribution in [0.2, 0.25) is 0 Å². The maximum atomic E-state index is 10.8. The molecule has 0 aliphatic heterocycles. The fourth-order valence-electron chi connectivity index (χ4n) is 2.16. The number of carbonyl (C=O) groups excluding carboxylic acids is 1. The van der Waals surface area contributed by atoms with Gasteiger partial charge in [0.2, 0.25) is 5.12 Å². The van der Waals surface area contributed by atoms with Gasteiger partial charge in [0.15, 0.2) is 0 Å². The Bertz CT molecular complexity index is 297. The van der Waals surface area contributed by atoms with Crippen molar-refractivity contribution in [2.24, 2.45) is 5.41 Å². The molecule has 1 nitrogen and oxygen atoms in total. The van der Waals surface area contributed by atoms with Crippen LogP contribution in [0.25, 0.3) is 0 Å². The summed E-state index contributed by atoms with van der Waals surface area (Å²) < 4.78 is 0. The van der Waals surface area contributed by atoms with Crippen LogP contribution in [-0.4, -0.2) is 5.12 Å². The lowest BCUT2D eigenvalue weighted by Crippen LogP contribution is -2.19. The summed E-state index contributed by atoms with van der Waals surface area (Å²) >= 11 is 3.74. The Hall–Kier alpha value is -0.500. The highest BCUT2D eigenvalue weighted by atomic mass is 32.1. The first kappa shape index (κ1) is 11.6. The fraction of sp³-hybridized carbons (Fsp3) is 0.583. The van der Waals surface area contributed by atoms with Crippen LogP contribution in [0.3, 0.4) is 0 Å². The Morgan fingerprint density at radius 2 is 2.14 bits per heavy atom. The minimum absolute atomic E-state index is 0.174. The normalized spacial score (nSPS) is 21.7. The van der Waals surface area contributed by atoms with Gasteiger partial charge in [0, 0.05) is 0 Å². The molecule has 2 heteroatoms. The number of carbonyl (C=O) groups is 1. The van der Waals surface area contributed by atoms with Gasteiger partial charge in [-0.3, -0.25) is 4.79 Å². The van der Waals surface area contributed by atoms with E-state index in [0.717, 1.165) is 6.42 Å². The van der Waals surface area contributed by atoms with Crippen molar-refractivity contribution in [2.45, 2.75) is 40.0 Å². The van der Waals surface area contributed by atoms with E-state index in [1.165, 1.54) is 24.0 Å². The standard InChI is InChI=1S/C12H18OS/c1-9-5-4-8-12(2,3)10(9)6-7-11(13)14/h6-7H,4-5,8H2,1-3H3,(H,13,14)/b7-6+. The van der Waals surface area contributed by atoms with Gasteiger partial charge in [0.1, 0.15) is 0 Å². The van der Waals surface area contributed by atoms with E-state index in [1.807, 2.05) is 6.08 Å². The van der Waals surface area contributed by atoms with Gasteiger partial charge in [-0.2, -0.15) is 0 Å². The molecule has 0 aromatic rings. The fourth-order valence-corrected chi connectivity index (χ4v) is 2.24. The number of allylic oxidation sites excluding steroid dienone is 3. The number of thiol groups is 1. The highest BCUT2D eigenvalue weighted by Gasteiger charge is 2.26. The average Bonchev–Trinajstić information content (AvgIpc) is 2.01. The van der Waals surface area contributed by atoms with Crippen molar-refractivity contribution in [3.05, 3.63) is 23.3 Å². The molecule has 78 valence electrons. The highest BCUT2D eigenvalue weighted by Crippen LogP contribution is 2.40. The van der Waals surface area contributed by atoms with Gasteiger partial charge in [-0.1, -0.05) is 25.5 Å². The first-order chi connectivity index (χ1) is 6.43. The lowest BCUT2D eigenvalue weighted by molar-refractivity contribution is -0.106. The predicted octanol–water partition coefficient (Wildman–Crippen LogP) is 3.53. The average molecular weight is 210 g/mol. The maximum Gasteiger partial charge on any atom is 0.209 e. The molecule has 1 aliphatic carbocycles. The van der Waals surface area contributed by atoms with Gasteiger partial charge in [0.05, 0.1) is 0 Å². The van der Waals surface area contributed by atoms with Crippen LogP contribution in [-0.2, 0) is 4.79 Å². The molecule has 0 spiro atoms. The second-order valence-electron chi connectivity index (χ2n) is 4.60. The minimum Gasteiger partial charge on any atom is -0.283 e. The summed E-state index contributed by atoms with van der Waals surface area (Å²) in [6.45, 7) is 6.63. The molecule has 0 aromatic heterocycles. The van der Waals surface area contributed by atoms with E-state index < -0.39 is 0 Å². The second kappa shape index (κ2) is 4.35. The van der Waals surface area contributed by atoms with Gasteiger partial charge < -0.3 is 0 Å². The van der Waals surface area contributed by atoms with Crippen LogP contribution >= 0.6 is 12.6 Å². The molecule has 0 bridgehead atoms. The van der Waals surface area contributed by atoms with Crippen LogP contribution in [0.4, 0.5) is 0 Å². The van der Waals surface area contributed by atoms with Crippen molar-refractivity contribution in [1.29, 1.82) is 0 Å². The molecule has 1 rings (SSSR count). The molecule has 0 atom stereocenters. The topological polar surface area (TPSA) is 17.1 Å². The van der Waals surface area contributed by atoms with Gasteiger partial charge >= 0.3 is 0 Å². The third kappa shape index (κ3) is 2.74. The molecular formula is C12H18OS. The van der Waals surface area contributed by atoms with E-state index in [2.05, 4.69) is 33.4 Å². The van der Waals surface area contributed by atoms with Crippen LogP contribution in [0.5, 0.6) is 0 Å². The Labute approximate surface area is 91.7 Å². The summed E-state index contributed by atoms with van der Waals surface area (Å²) in [5.41, 5.74) is 2.93. The summed E-state index contributed by atoms with van der Waals surface area (Å²) in [5.74, 6) is 0. The van der Waals surface area contributed by atoms with E-state index in [1.54, 1.807) is 6.08 Å². The second-order valence-corrected chi connectivity index (χ2v) is 5.04. The Kier molecular flexibility index (Phi) is 3.59. The van der Waals surface area contributed by atoms with Crippen molar-refractivity contribution in [3.63, 3.8) is 0 Å². The van der Waals surface area contributed by atoms with E-state index >= 15 is 0 Å². The monoisotopic (exact) mass is 210 g/mol. The molecule has 14 heavy (non-hydrogen) atoms. The summed E-state index contributed by atoms with van der Waals surface area (Å²) in [7, 11) is 0. The zero-order valence-electron chi connectivity index (χ0n) is 9.13. The number of hydrogen-bond donors (Lipinski definition) is 1. The molecule has 1 aliphatic rings. The quantitative estimate of drug-likeness (QED) is 0.545. The van der Waals surface area contributed by atoms with Crippen LogP contribution < -0.4 is 0 Å². The van der Waals surface area contributed by atoms with Crippen LogP contribution in [0.1, 0.15) is 40.0 Å². The molecule has 0 amide bonds. The highest BCUT2D eigenvalue weighted by molar-refractivity contribution is 7.97.